The smallest absolute Gasteiger partial charge is 0.247 e. The Kier molecular flexibility index (Phi) is 3.53. The van der Waals surface area contributed by atoms with Crippen LogP contribution in [0.3, 0.4) is 0 Å². The van der Waals surface area contributed by atoms with E-state index >= 15 is 0 Å². The fraction of sp³-hybridized carbons (Fsp3) is 0.300. The summed E-state index contributed by atoms with van der Waals surface area (Å²) in [6, 6.07) is 6.16. The van der Waals surface area contributed by atoms with Crippen LogP contribution < -0.4 is 10.9 Å². The highest BCUT2D eigenvalue weighted by Crippen LogP contribution is 2.39. The fourth-order valence-corrected chi connectivity index (χ4v) is 3.71. The normalized spacial score (nSPS) is 19.5. The molecule has 1 aliphatic carbocycles. The zero-order chi connectivity index (χ0) is 18.5. The number of H-pyrrole nitrogens is 1. The molecule has 2 aliphatic rings. The molecule has 1 saturated carbocycles. The van der Waals surface area contributed by atoms with Crippen LogP contribution in [0.2, 0.25) is 0 Å². The Bertz CT molecular complexity index is 1150. The topological polar surface area (TPSA) is 105 Å². The molecule has 8 heteroatoms. The van der Waals surface area contributed by atoms with Crippen LogP contribution >= 0.6 is 0 Å². The summed E-state index contributed by atoms with van der Waals surface area (Å²) in [7, 11) is 0. The average molecular weight is 373 g/mol. The van der Waals surface area contributed by atoms with Gasteiger partial charge in [0, 0.05) is 46.9 Å². The Hall–Kier alpha value is -3.10. The molecule has 1 aliphatic heterocycles. The summed E-state index contributed by atoms with van der Waals surface area (Å²) in [5, 5.41) is 9.53. The van der Waals surface area contributed by atoms with Crippen molar-refractivity contribution in [2.75, 3.05) is 6.54 Å². The number of hydrogen-bond donors (Lipinski definition) is 3. The van der Waals surface area contributed by atoms with E-state index in [0.29, 0.717) is 17.7 Å². The molecule has 1 atom stereocenters. The molecule has 0 bridgehead atoms. The summed E-state index contributed by atoms with van der Waals surface area (Å²) >= 11 is 0. The largest absolute Gasteiger partial charge is 0.419 e. The quantitative estimate of drug-likeness (QED) is 0.505. The molecule has 0 amide bonds. The summed E-state index contributed by atoms with van der Waals surface area (Å²) in [6.07, 6.45) is 9.04. The molecule has 0 radical (unpaired) electrons. The first-order valence-corrected chi connectivity index (χ1v) is 9.61. The van der Waals surface area contributed by atoms with E-state index in [1.165, 1.54) is 12.8 Å². The van der Waals surface area contributed by atoms with Gasteiger partial charge in [-0.1, -0.05) is 0 Å². The van der Waals surface area contributed by atoms with Gasteiger partial charge in [0.15, 0.2) is 0 Å². The zero-order valence-electron chi connectivity index (χ0n) is 15.1. The number of fused-ring (bicyclic) bond motifs is 1. The van der Waals surface area contributed by atoms with Gasteiger partial charge in [-0.15, -0.1) is 10.2 Å². The van der Waals surface area contributed by atoms with E-state index in [4.69, 9.17) is 9.40 Å². The van der Waals surface area contributed by atoms with Crippen molar-refractivity contribution in [3.8, 4) is 22.7 Å². The Labute approximate surface area is 160 Å². The molecule has 2 fully saturated rings. The minimum atomic E-state index is 0.0632. The maximum absolute atomic E-state index is 5.92. The maximum atomic E-state index is 5.92. The standard InChI is InChI=1S/C20H19N7O/c1-2-11(1)17-9-21-10-18(24-17)14-8-22-15-4-3-12(7-13(14)15)19-26-27-20(28-19)16-5-6-23-25-16/h3-4,7-11,16,22-23,25H,1-2,5-6H2. The van der Waals surface area contributed by atoms with Crippen LogP contribution in [0.25, 0.3) is 33.6 Å². The van der Waals surface area contributed by atoms with Crippen LogP contribution in [0.1, 0.15) is 42.8 Å². The van der Waals surface area contributed by atoms with Gasteiger partial charge >= 0.3 is 0 Å². The lowest BCUT2D eigenvalue weighted by atomic mass is 10.1. The second-order valence-corrected chi connectivity index (χ2v) is 7.42. The van der Waals surface area contributed by atoms with Crippen LogP contribution in [0.5, 0.6) is 0 Å². The van der Waals surface area contributed by atoms with Gasteiger partial charge in [0.2, 0.25) is 11.8 Å². The highest BCUT2D eigenvalue weighted by molar-refractivity contribution is 5.96. The molecule has 0 spiro atoms. The second-order valence-electron chi connectivity index (χ2n) is 7.42. The molecule has 3 aromatic heterocycles. The van der Waals surface area contributed by atoms with Gasteiger partial charge in [-0.25, -0.2) is 10.4 Å². The average Bonchev–Trinajstić information content (AvgIpc) is 3.14. The lowest BCUT2D eigenvalue weighted by Gasteiger charge is -2.03. The third kappa shape index (κ3) is 2.69. The molecule has 6 rings (SSSR count). The van der Waals surface area contributed by atoms with Crippen molar-refractivity contribution in [3.63, 3.8) is 0 Å². The first-order valence-electron chi connectivity index (χ1n) is 9.61. The van der Waals surface area contributed by atoms with Crippen molar-refractivity contribution in [1.29, 1.82) is 0 Å². The summed E-state index contributed by atoms with van der Waals surface area (Å²) < 4.78 is 5.92. The number of nitrogens with one attached hydrogen (secondary N) is 3. The van der Waals surface area contributed by atoms with E-state index in [2.05, 4.69) is 37.1 Å². The third-order valence-electron chi connectivity index (χ3n) is 5.43. The van der Waals surface area contributed by atoms with E-state index in [1.54, 1.807) is 0 Å². The van der Waals surface area contributed by atoms with E-state index in [1.807, 2.05) is 30.7 Å². The third-order valence-corrected chi connectivity index (χ3v) is 5.43. The highest BCUT2D eigenvalue weighted by Gasteiger charge is 2.26. The lowest BCUT2D eigenvalue weighted by Crippen LogP contribution is -2.24. The predicted octanol–water partition coefficient (Wildman–Crippen LogP) is 3.09. The minimum Gasteiger partial charge on any atom is -0.419 e. The Morgan fingerprint density at radius 3 is 2.89 bits per heavy atom. The first-order chi connectivity index (χ1) is 13.8. The summed E-state index contributed by atoms with van der Waals surface area (Å²) in [6.45, 7) is 0.891. The Morgan fingerprint density at radius 2 is 2.04 bits per heavy atom. The number of aromatic amines is 1. The Morgan fingerprint density at radius 1 is 1.07 bits per heavy atom. The predicted molar refractivity (Wildman–Crippen MR) is 103 cm³/mol. The van der Waals surface area contributed by atoms with Gasteiger partial charge in [0.1, 0.15) is 6.04 Å². The van der Waals surface area contributed by atoms with Gasteiger partial charge in [-0.3, -0.25) is 10.4 Å². The van der Waals surface area contributed by atoms with Crippen LogP contribution in [0.4, 0.5) is 0 Å². The van der Waals surface area contributed by atoms with Gasteiger partial charge in [0.25, 0.3) is 0 Å². The number of hydrogen-bond acceptors (Lipinski definition) is 7. The molecule has 8 nitrogen and oxygen atoms in total. The van der Waals surface area contributed by atoms with Gasteiger partial charge in [-0.05, 0) is 37.5 Å². The monoisotopic (exact) mass is 373 g/mol. The molecule has 1 unspecified atom stereocenters. The molecule has 1 saturated heterocycles. The van der Waals surface area contributed by atoms with Gasteiger partial charge < -0.3 is 9.40 Å². The van der Waals surface area contributed by atoms with Crippen LogP contribution in [0.15, 0.2) is 41.2 Å². The molecular weight excluding hydrogens is 354 g/mol. The molecule has 28 heavy (non-hydrogen) atoms. The van der Waals surface area contributed by atoms with E-state index in [9.17, 15) is 0 Å². The number of benzene rings is 1. The second kappa shape index (κ2) is 6.22. The fourth-order valence-electron chi connectivity index (χ4n) is 3.71. The van der Waals surface area contributed by atoms with Crippen molar-refractivity contribution in [2.45, 2.75) is 31.2 Å². The van der Waals surface area contributed by atoms with Crippen molar-refractivity contribution in [3.05, 3.63) is 48.4 Å². The van der Waals surface area contributed by atoms with E-state index in [-0.39, 0.29) is 6.04 Å². The number of nitrogens with zero attached hydrogens (tertiary/aromatic N) is 4. The van der Waals surface area contributed by atoms with Crippen molar-refractivity contribution >= 4 is 10.9 Å². The minimum absolute atomic E-state index is 0.0632. The maximum Gasteiger partial charge on any atom is 0.247 e. The summed E-state index contributed by atoms with van der Waals surface area (Å²) in [5.74, 6) is 1.71. The van der Waals surface area contributed by atoms with Crippen LogP contribution in [-0.4, -0.2) is 31.7 Å². The molecular formula is C20H19N7O. The number of rotatable bonds is 4. The van der Waals surface area contributed by atoms with Crippen molar-refractivity contribution < 1.29 is 4.42 Å². The first kappa shape index (κ1) is 15.9. The van der Waals surface area contributed by atoms with E-state index in [0.717, 1.165) is 46.4 Å². The molecule has 1 aromatic carbocycles. The van der Waals surface area contributed by atoms with Crippen LogP contribution in [-0.2, 0) is 0 Å². The van der Waals surface area contributed by atoms with E-state index < -0.39 is 0 Å². The van der Waals surface area contributed by atoms with Crippen LogP contribution in [0, 0.1) is 0 Å². The SMILES string of the molecule is c1cc2[nH]cc(-c3cncc(C4CC4)n3)c2cc1-c1nnc(C2CCNN2)o1. The molecule has 3 N–H and O–H groups in total. The molecule has 4 heterocycles. The Balaban J connectivity index is 1.39. The zero-order valence-corrected chi connectivity index (χ0v) is 15.1. The molecule has 140 valence electrons. The number of aromatic nitrogens is 5. The highest BCUT2D eigenvalue weighted by atomic mass is 16.4. The lowest BCUT2D eigenvalue weighted by molar-refractivity contribution is 0.425. The van der Waals surface area contributed by atoms with Crippen molar-refractivity contribution in [2.24, 2.45) is 0 Å². The summed E-state index contributed by atoms with van der Waals surface area (Å²) in [4.78, 5) is 12.6. The molecule has 4 aromatic rings. The number of hydrazine groups is 1. The van der Waals surface area contributed by atoms with Gasteiger partial charge in [-0.2, -0.15) is 0 Å². The van der Waals surface area contributed by atoms with Gasteiger partial charge in [0.05, 0.1) is 17.6 Å². The summed E-state index contributed by atoms with van der Waals surface area (Å²) in [5.41, 5.74) is 11.2. The van der Waals surface area contributed by atoms with Crippen molar-refractivity contribution in [1.82, 2.24) is 36.0 Å².